The third kappa shape index (κ3) is 2.70. The van der Waals surface area contributed by atoms with Crippen LogP contribution in [0.2, 0.25) is 0 Å². The molecule has 2 aromatic rings. The fraction of sp³-hybridized carbons (Fsp3) is 0.529. The van der Waals surface area contributed by atoms with Crippen molar-refractivity contribution in [3.63, 3.8) is 0 Å². The van der Waals surface area contributed by atoms with Gasteiger partial charge in [0.05, 0.1) is 5.39 Å². The van der Waals surface area contributed by atoms with E-state index in [1.807, 2.05) is 0 Å². The Morgan fingerprint density at radius 3 is 2.77 bits per heavy atom. The summed E-state index contributed by atoms with van der Waals surface area (Å²) >= 11 is 1.69. The third-order valence-electron chi connectivity index (χ3n) is 3.87. The summed E-state index contributed by atoms with van der Waals surface area (Å²) in [5.74, 6) is 0.642. The number of anilines is 1. The lowest BCUT2D eigenvalue weighted by Gasteiger charge is -2.23. The molecule has 118 valence electrons. The standard InChI is InChI=1S/C17H23N3OS/c1-5-10-20-15(21)13-11-8-6-7-9-12(11)22-14(13)18-16(20)19-17(2,3)4/h5H,1,6-10H2,2-4H3,(H,18,19). The molecular formula is C17H23N3OS. The molecule has 0 amide bonds. The largest absolute Gasteiger partial charge is 0.351 e. The highest BCUT2D eigenvalue weighted by Crippen LogP contribution is 2.34. The minimum Gasteiger partial charge on any atom is -0.351 e. The average Bonchev–Trinajstić information content (AvgIpc) is 2.79. The number of rotatable bonds is 3. The summed E-state index contributed by atoms with van der Waals surface area (Å²) in [6.45, 7) is 10.5. The van der Waals surface area contributed by atoms with Gasteiger partial charge in [-0.25, -0.2) is 4.98 Å². The lowest BCUT2D eigenvalue weighted by Crippen LogP contribution is -2.33. The Morgan fingerprint density at radius 2 is 2.09 bits per heavy atom. The first-order chi connectivity index (χ1) is 10.4. The molecular weight excluding hydrogens is 294 g/mol. The van der Waals surface area contributed by atoms with Crippen LogP contribution in [0.1, 0.15) is 44.1 Å². The summed E-state index contributed by atoms with van der Waals surface area (Å²) < 4.78 is 1.71. The Bertz CT molecular complexity index is 780. The number of hydrogen-bond donors (Lipinski definition) is 1. The topological polar surface area (TPSA) is 46.9 Å². The molecule has 0 fully saturated rings. The van der Waals surface area contributed by atoms with Crippen LogP contribution in [-0.2, 0) is 19.4 Å². The van der Waals surface area contributed by atoms with E-state index in [0.717, 1.165) is 23.1 Å². The predicted octanol–water partition coefficient (Wildman–Crippen LogP) is 3.73. The molecule has 0 unspecified atom stereocenters. The molecule has 1 N–H and O–H groups in total. The van der Waals surface area contributed by atoms with Gasteiger partial charge in [0.2, 0.25) is 5.95 Å². The zero-order valence-electron chi connectivity index (χ0n) is 13.5. The summed E-state index contributed by atoms with van der Waals surface area (Å²) in [4.78, 5) is 20.0. The van der Waals surface area contributed by atoms with Crippen LogP contribution in [0, 0.1) is 0 Å². The Balaban J connectivity index is 2.25. The normalized spacial score (nSPS) is 14.9. The van der Waals surface area contributed by atoms with Crippen molar-refractivity contribution in [1.29, 1.82) is 0 Å². The maximum atomic E-state index is 13.0. The monoisotopic (exact) mass is 317 g/mol. The van der Waals surface area contributed by atoms with Crippen LogP contribution >= 0.6 is 11.3 Å². The van der Waals surface area contributed by atoms with E-state index < -0.39 is 0 Å². The Morgan fingerprint density at radius 1 is 1.36 bits per heavy atom. The molecule has 22 heavy (non-hydrogen) atoms. The van der Waals surface area contributed by atoms with E-state index in [1.54, 1.807) is 22.0 Å². The van der Waals surface area contributed by atoms with Crippen LogP contribution in [-0.4, -0.2) is 15.1 Å². The van der Waals surface area contributed by atoms with Gasteiger partial charge in [0.15, 0.2) is 0 Å². The Kier molecular flexibility index (Phi) is 3.85. The van der Waals surface area contributed by atoms with E-state index >= 15 is 0 Å². The molecule has 0 radical (unpaired) electrons. The highest BCUT2D eigenvalue weighted by atomic mass is 32.1. The molecule has 0 aromatic carbocycles. The van der Waals surface area contributed by atoms with Gasteiger partial charge in [-0.3, -0.25) is 9.36 Å². The fourth-order valence-corrected chi connectivity index (χ4v) is 4.22. The van der Waals surface area contributed by atoms with Crippen molar-refractivity contribution in [2.75, 3.05) is 5.32 Å². The zero-order valence-corrected chi connectivity index (χ0v) is 14.3. The first-order valence-corrected chi connectivity index (χ1v) is 8.66. The van der Waals surface area contributed by atoms with Crippen LogP contribution in [0.5, 0.6) is 0 Å². The molecule has 0 bridgehead atoms. The number of nitrogens with one attached hydrogen (secondary N) is 1. The van der Waals surface area contributed by atoms with Gasteiger partial charge in [-0.05, 0) is 52.0 Å². The summed E-state index contributed by atoms with van der Waals surface area (Å²) in [6.07, 6.45) is 6.22. The molecule has 4 nitrogen and oxygen atoms in total. The predicted molar refractivity (Wildman–Crippen MR) is 94.1 cm³/mol. The highest BCUT2D eigenvalue weighted by molar-refractivity contribution is 7.18. The summed E-state index contributed by atoms with van der Waals surface area (Å²) in [5.41, 5.74) is 1.16. The Labute approximate surface area is 134 Å². The second kappa shape index (κ2) is 5.54. The second-order valence-corrected chi connectivity index (χ2v) is 7.99. The van der Waals surface area contributed by atoms with E-state index in [4.69, 9.17) is 4.98 Å². The summed E-state index contributed by atoms with van der Waals surface area (Å²) in [5, 5.41) is 4.19. The zero-order chi connectivity index (χ0) is 15.9. The van der Waals surface area contributed by atoms with Crippen molar-refractivity contribution in [3.8, 4) is 0 Å². The summed E-state index contributed by atoms with van der Waals surface area (Å²) in [6, 6.07) is 0. The molecule has 0 saturated heterocycles. The molecule has 0 spiro atoms. The van der Waals surface area contributed by atoms with Crippen molar-refractivity contribution in [2.24, 2.45) is 0 Å². The van der Waals surface area contributed by atoms with Gasteiger partial charge >= 0.3 is 0 Å². The Hall–Kier alpha value is -1.62. The van der Waals surface area contributed by atoms with Crippen molar-refractivity contribution in [3.05, 3.63) is 33.4 Å². The minimum atomic E-state index is -0.146. The summed E-state index contributed by atoms with van der Waals surface area (Å²) in [7, 11) is 0. The van der Waals surface area contributed by atoms with Crippen LogP contribution in [0.4, 0.5) is 5.95 Å². The van der Waals surface area contributed by atoms with Gasteiger partial charge in [0, 0.05) is 17.0 Å². The van der Waals surface area contributed by atoms with E-state index in [-0.39, 0.29) is 11.1 Å². The maximum Gasteiger partial charge on any atom is 0.264 e. The van der Waals surface area contributed by atoms with E-state index in [1.165, 1.54) is 23.3 Å². The highest BCUT2D eigenvalue weighted by Gasteiger charge is 2.23. The number of aromatic nitrogens is 2. The van der Waals surface area contributed by atoms with Gasteiger partial charge in [-0.2, -0.15) is 0 Å². The van der Waals surface area contributed by atoms with E-state index in [2.05, 4.69) is 32.7 Å². The van der Waals surface area contributed by atoms with Crippen LogP contribution in [0.25, 0.3) is 10.2 Å². The third-order valence-corrected chi connectivity index (χ3v) is 5.06. The number of fused-ring (bicyclic) bond motifs is 3. The van der Waals surface area contributed by atoms with E-state index in [0.29, 0.717) is 12.5 Å². The first kappa shape index (κ1) is 15.3. The molecule has 0 aliphatic heterocycles. The number of nitrogens with zero attached hydrogens (tertiary/aromatic N) is 2. The van der Waals surface area contributed by atoms with Gasteiger partial charge < -0.3 is 5.32 Å². The van der Waals surface area contributed by atoms with Gasteiger partial charge in [0.1, 0.15) is 4.83 Å². The molecule has 3 rings (SSSR count). The van der Waals surface area contributed by atoms with Gasteiger partial charge in [0.25, 0.3) is 5.56 Å². The first-order valence-electron chi connectivity index (χ1n) is 7.85. The lowest BCUT2D eigenvalue weighted by atomic mass is 9.97. The molecule has 2 heterocycles. The van der Waals surface area contributed by atoms with Crippen LogP contribution in [0.3, 0.4) is 0 Å². The van der Waals surface area contributed by atoms with E-state index in [9.17, 15) is 4.79 Å². The molecule has 5 heteroatoms. The lowest BCUT2D eigenvalue weighted by molar-refractivity contribution is 0.610. The molecule has 2 aromatic heterocycles. The fourth-order valence-electron chi connectivity index (χ4n) is 2.97. The van der Waals surface area contributed by atoms with Crippen molar-refractivity contribution in [1.82, 2.24) is 9.55 Å². The minimum absolute atomic E-state index is 0.0658. The quantitative estimate of drug-likeness (QED) is 0.877. The maximum absolute atomic E-state index is 13.0. The van der Waals surface area contributed by atoms with Crippen molar-refractivity contribution in [2.45, 2.75) is 58.5 Å². The molecule has 1 aliphatic rings. The number of allylic oxidation sites excluding steroid dienone is 1. The molecule has 0 atom stereocenters. The number of hydrogen-bond acceptors (Lipinski definition) is 4. The number of aryl methyl sites for hydroxylation is 2. The average molecular weight is 317 g/mol. The smallest absolute Gasteiger partial charge is 0.264 e. The van der Waals surface area contributed by atoms with Gasteiger partial charge in [-0.1, -0.05) is 6.08 Å². The molecule has 0 saturated carbocycles. The molecule has 1 aliphatic carbocycles. The SMILES string of the molecule is C=CCn1c(NC(C)(C)C)nc2sc3c(c2c1=O)CCCC3. The van der Waals surface area contributed by atoms with Crippen molar-refractivity contribution >= 4 is 27.5 Å². The van der Waals surface area contributed by atoms with Crippen LogP contribution in [0.15, 0.2) is 17.4 Å². The van der Waals surface area contributed by atoms with Crippen molar-refractivity contribution < 1.29 is 0 Å². The van der Waals surface area contributed by atoms with Gasteiger partial charge in [-0.15, -0.1) is 17.9 Å². The van der Waals surface area contributed by atoms with Crippen LogP contribution < -0.4 is 10.9 Å². The number of thiophene rings is 1. The second-order valence-electron chi connectivity index (χ2n) is 6.91.